The fourth-order valence-corrected chi connectivity index (χ4v) is 14.7. The molecule has 1 atom stereocenters. The summed E-state index contributed by atoms with van der Waals surface area (Å²) in [4.78, 5) is 4.98. The number of nitrogens with zero attached hydrogens (tertiary/aromatic N) is 2. The van der Waals surface area contributed by atoms with Gasteiger partial charge in [0.2, 0.25) is 0 Å². The second-order valence-electron chi connectivity index (χ2n) is 22.9. The van der Waals surface area contributed by atoms with Gasteiger partial charge < -0.3 is 9.80 Å². The lowest BCUT2D eigenvalue weighted by atomic mass is 9.69. The standard InChI is InChI=1S/C76H62N2/c1-75(2)68-34-20-18-32-61(68)66-47-59(42-45-69(66)75)77(56-26-12-5-13-27-56)60-41-44-64-63-43-40-55(53-38-36-52(37-39-53)51-22-8-3-9-23-51)46-71(63)76(72(64)48-60)70-35-21-19-33-62(70)67-49-65(54-24-10-4-11-25-54)74(50-73(67)76)78(57-28-14-6-15-29-57)58-30-16-7-17-31-58/h4-7,10-21,24-36,38,40-51H,3,8-9,22-23,37,39H2,1-2H3. The van der Waals surface area contributed by atoms with Crippen molar-refractivity contribution >= 4 is 39.7 Å². The molecule has 2 heteroatoms. The third-order valence-corrected chi connectivity index (χ3v) is 18.4. The molecule has 0 heterocycles. The summed E-state index contributed by atoms with van der Waals surface area (Å²) in [6.07, 6.45) is 14.0. The molecule has 5 aliphatic carbocycles. The predicted octanol–water partition coefficient (Wildman–Crippen LogP) is 20.6. The van der Waals surface area contributed by atoms with Crippen molar-refractivity contribution in [3.8, 4) is 44.5 Å². The van der Waals surface area contributed by atoms with E-state index >= 15 is 0 Å². The van der Waals surface area contributed by atoms with E-state index in [4.69, 9.17) is 0 Å². The van der Waals surface area contributed by atoms with Gasteiger partial charge >= 0.3 is 0 Å². The maximum absolute atomic E-state index is 2.61. The van der Waals surface area contributed by atoms with Crippen LogP contribution in [0.15, 0.2) is 254 Å². The molecule has 15 rings (SSSR count). The highest BCUT2D eigenvalue weighted by Crippen LogP contribution is 2.65. The molecule has 1 unspecified atom stereocenters. The molecule has 1 fully saturated rings. The second kappa shape index (κ2) is 18.5. The first kappa shape index (κ1) is 46.6. The van der Waals surface area contributed by atoms with Crippen molar-refractivity contribution in [1.29, 1.82) is 0 Å². The van der Waals surface area contributed by atoms with Gasteiger partial charge in [-0.3, -0.25) is 0 Å². The topological polar surface area (TPSA) is 6.48 Å². The summed E-state index contributed by atoms with van der Waals surface area (Å²) in [5.74, 6) is 0.742. The lowest BCUT2D eigenvalue weighted by Gasteiger charge is -2.34. The van der Waals surface area contributed by atoms with Crippen LogP contribution in [0.25, 0.3) is 50.1 Å². The van der Waals surface area contributed by atoms with Crippen molar-refractivity contribution in [1.82, 2.24) is 0 Å². The molecule has 376 valence electrons. The zero-order valence-corrected chi connectivity index (χ0v) is 44.6. The number of rotatable bonds is 9. The van der Waals surface area contributed by atoms with Crippen LogP contribution < -0.4 is 9.80 Å². The van der Waals surface area contributed by atoms with Crippen LogP contribution >= 0.6 is 0 Å². The van der Waals surface area contributed by atoms with Crippen molar-refractivity contribution in [3.05, 3.63) is 293 Å². The first-order chi connectivity index (χ1) is 38.4. The minimum Gasteiger partial charge on any atom is -0.310 e. The number of benzene rings is 10. The Bertz CT molecular complexity index is 3990. The molecule has 0 N–H and O–H groups in total. The summed E-state index contributed by atoms with van der Waals surface area (Å²) in [6.45, 7) is 4.74. The van der Waals surface area contributed by atoms with Gasteiger partial charge in [-0.05, 0) is 194 Å². The third kappa shape index (κ3) is 7.22. The highest BCUT2D eigenvalue weighted by molar-refractivity contribution is 6.01. The van der Waals surface area contributed by atoms with E-state index in [1.165, 1.54) is 121 Å². The summed E-state index contributed by atoms with van der Waals surface area (Å²) in [7, 11) is 0. The van der Waals surface area contributed by atoms with Gasteiger partial charge in [0, 0.05) is 39.4 Å². The molecule has 10 aromatic rings. The number of allylic oxidation sites excluding steroid dienone is 4. The van der Waals surface area contributed by atoms with Gasteiger partial charge in [-0.1, -0.05) is 209 Å². The van der Waals surface area contributed by atoms with E-state index in [-0.39, 0.29) is 5.41 Å². The van der Waals surface area contributed by atoms with E-state index in [9.17, 15) is 0 Å². The Kier molecular flexibility index (Phi) is 11.0. The molecular formula is C76H62N2. The molecule has 0 aliphatic heterocycles. The van der Waals surface area contributed by atoms with Crippen LogP contribution in [-0.2, 0) is 10.8 Å². The van der Waals surface area contributed by atoms with E-state index in [1.54, 1.807) is 5.57 Å². The molecule has 0 amide bonds. The van der Waals surface area contributed by atoms with Gasteiger partial charge in [0.15, 0.2) is 0 Å². The van der Waals surface area contributed by atoms with Gasteiger partial charge in [0.1, 0.15) is 0 Å². The van der Waals surface area contributed by atoms with Crippen LogP contribution in [-0.4, -0.2) is 0 Å². The van der Waals surface area contributed by atoms with Crippen LogP contribution in [0.2, 0.25) is 0 Å². The van der Waals surface area contributed by atoms with E-state index < -0.39 is 5.41 Å². The lowest BCUT2D eigenvalue weighted by molar-refractivity contribution is 0.395. The Morgan fingerprint density at radius 3 is 1.51 bits per heavy atom. The summed E-state index contributed by atoms with van der Waals surface area (Å²) < 4.78 is 0. The molecular weight excluding hydrogens is 941 g/mol. The lowest BCUT2D eigenvalue weighted by Crippen LogP contribution is -2.27. The molecule has 0 bridgehead atoms. The number of hydrogen-bond acceptors (Lipinski definition) is 2. The van der Waals surface area contributed by atoms with Crippen molar-refractivity contribution in [2.75, 3.05) is 9.80 Å². The fraction of sp³-hybridized carbons (Fsp3) is 0.158. The molecule has 10 aromatic carbocycles. The van der Waals surface area contributed by atoms with Crippen LogP contribution in [0.3, 0.4) is 0 Å². The monoisotopic (exact) mass is 1000 g/mol. The number of hydrogen-bond donors (Lipinski definition) is 0. The number of para-hydroxylation sites is 3. The summed E-state index contributed by atoms with van der Waals surface area (Å²) in [6, 6.07) is 89.5. The Hall–Kier alpha value is -8.72. The first-order valence-electron chi connectivity index (χ1n) is 28.5. The van der Waals surface area contributed by atoms with Gasteiger partial charge in [0.25, 0.3) is 0 Å². The van der Waals surface area contributed by atoms with Gasteiger partial charge in [-0.15, -0.1) is 0 Å². The quantitative estimate of drug-likeness (QED) is 0.142. The fourth-order valence-electron chi connectivity index (χ4n) is 14.7. The normalized spacial score (nSPS) is 17.3. The summed E-state index contributed by atoms with van der Waals surface area (Å²) >= 11 is 0. The smallest absolute Gasteiger partial charge is 0.0727 e. The average Bonchev–Trinajstić information content (AvgIpc) is 4.17. The Morgan fingerprint density at radius 1 is 0.333 bits per heavy atom. The van der Waals surface area contributed by atoms with Crippen molar-refractivity contribution in [2.24, 2.45) is 5.92 Å². The Labute approximate surface area is 460 Å². The molecule has 1 spiro atoms. The highest BCUT2D eigenvalue weighted by atomic mass is 15.1. The largest absolute Gasteiger partial charge is 0.310 e. The summed E-state index contributed by atoms with van der Waals surface area (Å²) in [5, 5.41) is 0. The molecule has 0 radical (unpaired) electrons. The minimum atomic E-state index is -0.660. The maximum Gasteiger partial charge on any atom is 0.0727 e. The Balaban J connectivity index is 1.00. The zero-order chi connectivity index (χ0) is 52.0. The van der Waals surface area contributed by atoms with Crippen molar-refractivity contribution in [3.63, 3.8) is 0 Å². The molecule has 78 heavy (non-hydrogen) atoms. The van der Waals surface area contributed by atoms with Crippen LogP contribution in [0.4, 0.5) is 34.1 Å². The number of anilines is 6. The van der Waals surface area contributed by atoms with E-state index in [2.05, 4.69) is 272 Å². The zero-order valence-electron chi connectivity index (χ0n) is 44.6. The summed E-state index contributed by atoms with van der Waals surface area (Å²) in [5.41, 5.74) is 28.7. The molecule has 0 saturated heterocycles. The van der Waals surface area contributed by atoms with Crippen LogP contribution in [0.1, 0.15) is 97.7 Å². The third-order valence-electron chi connectivity index (χ3n) is 18.4. The van der Waals surface area contributed by atoms with Crippen LogP contribution in [0, 0.1) is 5.92 Å². The van der Waals surface area contributed by atoms with E-state index in [0.29, 0.717) is 0 Å². The Morgan fingerprint density at radius 2 is 0.846 bits per heavy atom. The van der Waals surface area contributed by atoms with E-state index in [0.717, 1.165) is 52.9 Å². The van der Waals surface area contributed by atoms with Crippen LogP contribution in [0.5, 0.6) is 0 Å². The molecule has 0 aromatic heterocycles. The molecule has 2 nitrogen and oxygen atoms in total. The number of fused-ring (bicyclic) bond motifs is 13. The molecule has 5 aliphatic rings. The molecule has 1 saturated carbocycles. The first-order valence-corrected chi connectivity index (χ1v) is 28.5. The van der Waals surface area contributed by atoms with Gasteiger partial charge in [-0.2, -0.15) is 0 Å². The van der Waals surface area contributed by atoms with Gasteiger partial charge in [0.05, 0.1) is 11.1 Å². The van der Waals surface area contributed by atoms with Crippen molar-refractivity contribution < 1.29 is 0 Å². The minimum absolute atomic E-state index is 0.0899. The van der Waals surface area contributed by atoms with Gasteiger partial charge in [-0.25, -0.2) is 0 Å². The average molecular weight is 1000 g/mol. The van der Waals surface area contributed by atoms with E-state index in [1.807, 2.05) is 0 Å². The second-order valence-corrected chi connectivity index (χ2v) is 22.9. The predicted molar refractivity (Wildman–Crippen MR) is 327 cm³/mol. The SMILES string of the molecule is CC1(C)c2ccccc2-c2cc(N(c3ccccc3)c3ccc4c(c3)C3(c5ccccc5-c5cc(-c6ccccc6)c(N(c6ccccc6)c6ccccc6)cc53)c3cc(C5=CC=C(C6CCCCC6)CC5)ccc3-4)ccc21. The van der Waals surface area contributed by atoms with Crippen molar-refractivity contribution in [2.45, 2.75) is 69.6 Å². The highest BCUT2D eigenvalue weighted by Gasteiger charge is 2.53. The maximum atomic E-state index is 2.61.